The van der Waals surface area contributed by atoms with Crippen molar-refractivity contribution in [2.24, 2.45) is 0 Å². The summed E-state index contributed by atoms with van der Waals surface area (Å²) >= 11 is 3.37. The fourth-order valence-electron chi connectivity index (χ4n) is 2.33. The molecule has 0 radical (unpaired) electrons. The first-order chi connectivity index (χ1) is 13.5. The highest BCUT2D eigenvalue weighted by molar-refractivity contribution is 9.10. The van der Waals surface area contributed by atoms with Crippen LogP contribution >= 0.6 is 15.9 Å². The first-order valence-corrected chi connectivity index (χ1v) is 9.40. The Bertz CT molecular complexity index is 930. The van der Waals surface area contributed by atoms with E-state index in [1.54, 1.807) is 43.3 Å². The third-order valence-electron chi connectivity index (χ3n) is 3.59. The Kier molecular flexibility index (Phi) is 7.78. The summed E-state index contributed by atoms with van der Waals surface area (Å²) in [4.78, 5) is 24.1. The molecule has 0 spiro atoms. The lowest BCUT2D eigenvalue weighted by atomic mass is 10.1. The van der Waals surface area contributed by atoms with E-state index in [2.05, 4.69) is 21.2 Å². The highest BCUT2D eigenvalue weighted by Gasteiger charge is 2.13. The molecule has 28 heavy (non-hydrogen) atoms. The zero-order valence-electron chi connectivity index (χ0n) is 15.5. The molecule has 0 atom stereocenters. The zero-order chi connectivity index (χ0) is 20.5. The Morgan fingerprint density at radius 1 is 1.14 bits per heavy atom. The molecule has 6 nitrogen and oxygen atoms in total. The molecule has 0 aromatic heterocycles. The lowest BCUT2D eigenvalue weighted by Crippen LogP contribution is -2.13. The minimum absolute atomic E-state index is 0.0754. The summed E-state index contributed by atoms with van der Waals surface area (Å²) in [6.07, 6.45) is 1.47. The molecule has 0 aliphatic carbocycles. The van der Waals surface area contributed by atoms with Crippen LogP contribution in [0.2, 0.25) is 0 Å². The van der Waals surface area contributed by atoms with E-state index in [0.717, 1.165) is 4.47 Å². The maximum atomic E-state index is 12.5. The van der Waals surface area contributed by atoms with Crippen LogP contribution in [0.3, 0.4) is 0 Å². The molecule has 0 saturated heterocycles. The molecular formula is C21H19BrN2O4. The number of carbonyl (C=O) groups is 2. The molecule has 0 unspecified atom stereocenters. The molecule has 0 fully saturated rings. The fourth-order valence-corrected chi connectivity index (χ4v) is 2.70. The van der Waals surface area contributed by atoms with Gasteiger partial charge < -0.3 is 14.8 Å². The SMILES string of the molecule is CCOC(=O)c1ccc(NC(=O)/C(C#N)=C/c2cc(Br)ccc2OCC)cc1. The molecule has 2 aromatic carbocycles. The summed E-state index contributed by atoms with van der Waals surface area (Å²) in [5.41, 5.74) is 1.37. The third-order valence-corrected chi connectivity index (χ3v) is 4.08. The van der Waals surface area contributed by atoms with Gasteiger partial charge in [-0.15, -0.1) is 0 Å². The number of halogens is 1. The van der Waals surface area contributed by atoms with Crippen molar-refractivity contribution in [3.8, 4) is 11.8 Å². The molecule has 144 valence electrons. The summed E-state index contributed by atoms with van der Waals surface area (Å²) in [6.45, 7) is 4.33. The van der Waals surface area contributed by atoms with Crippen LogP contribution in [0.1, 0.15) is 29.8 Å². The van der Waals surface area contributed by atoms with Gasteiger partial charge in [0.1, 0.15) is 17.4 Å². The van der Waals surface area contributed by atoms with E-state index in [1.807, 2.05) is 19.1 Å². The van der Waals surface area contributed by atoms with Crippen LogP contribution in [-0.2, 0) is 9.53 Å². The minimum Gasteiger partial charge on any atom is -0.493 e. The van der Waals surface area contributed by atoms with Crippen molar-refractivity contribution in [3.05, 3.63) is 63.6 Å². The van der Waals surface area contributed by atoms with Crippen LogP contribution in [0.15, 0.2) is 52.5 Å². The van der Waals surface area contributed by atoms with Gasteiger partial charge in [0, 0.05) is 15.7 Å². The van der Waals surface area contributed by atoms with Crippen LogP contribution in [0.5, 0.6) is 5.75 Å². The van der Waals surface area contributed by atoms with E-state index >= 15 is 0 Å². The fraction of sp³-hybridized carbons (Fsp3) is 0.190. The second-order valence-electron chi connectivity index (χ2n) is 5.54. The van der Waals surface area contributed by atoms with Gasteiger partial charge >= 0.3 is 5.97 Å². The molecule has 0 bridgehead atoms. The number of nitriles is 1. The monoisotopic (exact) mass is 442 g/mol. The van der Waals surface area contributed by atoms with Crippen molar-refractivity contribution in [3.63, 3.8) is 0 Å². The van der Waals surface area contributed by atoms with Gasteiger partial charge in [0.15, 0.2) is 0 Å². The molecule has 0 aliphatic rings. The Balaban J connectivity index is 2.20. The first-order valence-electron chi connectivity index (χ1n) is 8.61. The average molecular weight is 443 g/mol. The lowest BCUT2D eigenvalue weighted by molar-refractivity contribution is -0.112. The number of carbonyl (C=O) groups excluding carboxylic acids is 2. The second-order valence-corrected chi connectivity index (χ2v) is 6.45. The average Bonchev–Trinajstić information content (AvgIpc) is 2.68. The van der Waals surface area contributed by atoms with Crippen LogP contribution in [0, 0.1) is 11.3 Å². The number of hydrogen-bond acceptors (Lipinski definition) is 5. The van der Waals surface area contributed by atoms with Gasteiger partial charge in [0.2, 0.25) is 0 Å². The number of ether oxygens (including phenoxy) is 2. The molecule has 0 aliphatic heterocycles. The molecule has 2 aromatic rings. The van der Waals surface area contributed by atoms with Crippen LogP contribution in [-0.4, -0.2) is 25.1 Å². The Hall–Kier alpha value is -3.11. The maximum Gasteiger partial charge on any atom is 0.338 e. The second kappa shape index (κ2) is 10.3. The molecular weight excluding hydrogens is 424 g/mol. The number of benzene rings is 2. The van der Waals surface area contributed by atoms with E-state index < -0.39 is 11.9 Å². The highest BCUT2D eigenvalue weighted by Crippen LogP contribution is 2.26. The van der Waals surface area contributed by atoms with Crippen LogP contribution < -0.4 is 10.1 Å². The van der Waals surface area contributed by atoms with Crippen molar-refractivity contribution in [2.45, 2.75) is 13.8 Å². The van der Waals surface area contributed by atoms with E-state index in [9.17, 15) is 14.9 Å². The number of amides is 1. The largest absolute Gasteiger partial charge is 0.493 e. The predicted octanol–water partition coefficient (Wildman–Crippen LogP) is 4.57. The van der Waals surface area contributed by atoms with Gasteiger partial charge in [0.25, 0.3) is 5.91 Å². The van der Waals surface area contributed by atoms with E-state index in [-0.39, 0.29) is 12.2 Å². The summed E-state index contributed by atoms with van der Waals surface area (Å²) in [5.74, 6) is -0.421. The Morgan fingerprint density at radius 2 is 1.86 bits per heavy atom. The summed E-state index contributed by atoms with van der Waals surface area (Å²) < 4.78 is 11.3. The van der Waals surface area contributed by atoms with Crippen molar-refractivity contribution in [1.82, 2.24) is 0 Å². The quantitative estimate of drug-likeness (QED) is 0.385. The van der Waals surface area contributed by atoms with Crippen molar-refractivity contribution in [1.29, 1.82) is 5.26 Å². The summed E-state index contributed by atoms with van der Waals surface area (Å²) in [6, 6.07) is 13.5. The highest BCUT2D eigenvalue weighted by atomic mass is 79.9. The molecule has 1 amide bonds. The van der Waals surface area contributed by atoms with Gasteiger partial charge in [-0.3, -0.25) is 4.79 Å². The maximum absolute atomic E-state index is 12.5. The van der Waals surface area contributed by atoms with Crippen molar-refractivity contribution in [2.75, 3.05) is 18.5 Å². The van der Waals surface area contributed by atoms with Gasteiger partial charge in [-0.1, -0.05) is 15.9 Å². The molecule has 0 saturated carbocycles. The molecule has 1 N–H and O–H groups in total. The number of esters is 1. The molecule has 7 heteroatoms. The number of anilines is 1. The lowest BCUT2D eigenvalue weighted by Gasteiger charge is -2.09. The predicted molar refractivity (Wildman–Crippen MR) is 110 cm³/mol. The first kappa shape index (κ1) is 21.2. The van der Waals surface area contributed by atoms with Gasteiger partial charge in [-0.05, 0) is 62.4 Å². The number of rotatable bonds is 7. The van der Waals surface area contributed by atoms with E-state index in [4.69, 9.17) is 9.47 Å². The number of nitrogens with zero attached hydrogens (tertiary/aromatic N) is 1. The van der Waals surface area contributed by atoms with Gasteiger partial charge in [-0.25, -0.2) is 4.79 Å². The Labute approximate surface area is 171 Å². The molecule has 0 heterocycles. The van der Waals surface area contributed by atoms with E-state index in [1.165, 1.54) is 6.08 Å². The van der Waals surface area contributed by atoms with Gasteiger partial charge in [0.05, 0.1) is 18.8 Å². The van der Waals surface area contributed by atoms with Crippen molar-refractivity contribution < 1.29 is 19.1 Å². The number of hydrogen-bond donors (Lipinski definition) is 1. The standard InChI is InChI=1S/C21H19BrN2O4/c1-3-27-19-10-7-17(22)12-15(19)11-16(13-23)20(25)24-18-8-5-14(6-9-18)21(26)28-4-2/h5-12H,3-4H2,1-2H3,(H,24,25)/b16-11+. The summed E-state index contributed by atoms with van der Waals surface area (Å²) in [5, 5.41) is 12.1. The Morgan fingerprint density at radius 3 is 2.46 bits per heavy atom. The number of nitrogens with one attached hydrogen (secondary N) is 1. The van der Waals surface area contributed by atoms with Crippen molar-refractivity contribution >= 4 is 39.6 Å². The smallest absolute Gasteiger partial charge is 0.338 e. The van der Waals surface area contributed by atoms with Gasteiger partial charge in [-0.2, -0.15) is 5.26 Å². The summed E-state index contributed by atoms with van der Waals surface area (Å²) in [7, 11) is 0. The topological polar surface area (TPSA) is 88.4 Å². The minimum atomic E-state index is -0.561. The third kappa shape index (κ3) is 5.69. The van der Waals surface area contributed by atoms with Crippen LogP contribution in [0.4, 0.5) is 5.69 Å². The zero-order valence-corrected chi connectivity index (χ0v) is 17.1. The normalized spacial score (nSPS) is 10.7. The van der Waals surface area contributed by atoms with Crippen LogP contribution in [0.25, 0.3) is 6.08 Å². The van der Waals surface area contributed by atoms with E-state index in [0.29, 0.717) is 29.2 Å². The molecule has 2 rings (SSSR count).